The summed E-state index contributed by atoms with van der Waals surface area (Å²) in [5, 5.41) is 3.19. The maximum Gasteiger partial charge on any atom is 0.247 e. The number of para-hydroxylation sites is 1. The van der Waals surface area contributed by atoms with Crippen LogP contribution < -0.4 is 10.1 Å². The lowest BCUT2D eigenvalue weighted by atomic mass is 10.2. The van der Waals surface area contributed by atoms with Crippen molar-refractivity contribution < 1.29 is 13.2 Å². The molecule has 1 unspecified atom stereocenters. The lowest BCUT2D eigenvalue weighted by Crippen LogP contribution is -2.54. The van der Waals surface area contributed by atoms with Gasteiger partial charge in [-0.2, -0.15) is 4.31 Å². The summed E-state index contributed by atoms with van der Waals surface area (Å²) in [4.78, 5) is 0.282. The lowest BCUT2D eigenvalue weighted by molar-refractivity contribution is 0.187. The highest BCUT2D eigenvalue weighted by molar-refractivity contribution is 7.89. The van der Waals surface area contributed by atoms with Gasteiger partial charge in [-0.1, -0.05) is 12.1 Å². The third-order valence-corrected chi connectivity index (χ3v) is 5.15. The molecule has 1 aromatic rings. The average Bonchev–Trinajstić information content (AvgIpc) is 2.47. The van der Waals surface area contributed by atoms with Crippen LogP contribution in [0.4, 0.5) is 0 Å². The predicted octanol–water partition coefficient (Wildman–Crippen LogP) is 0.463. The zero-order valence-corrected chi connectivity index (χ0v) is 11.3. The van der Waals surface area contributed by atoms with Crippen molar-refractivity contribution >= 4 is 22.4 Å². The number of hydrogen-bond acceptors (Lipinski definition) is 4. The van der Waals surface area contributed by atoms with E-state index < -0.39 is 10.0 Å². The van der Waals surface area contributed by atoms with Crippen molar-refractivity contribution in [1.29, 1.82) is 0 Å². The highest BCUT2D eigenvalue weighted by Gasteiger charge is 2.37. The van der Waals surface area contributed by atoms with E-state index in [9.17, 15) is 8.42 Å². The second kappa shape index (κ2) is 5.05. The molecule has 1 aromatic carbocycles. The molecule has 1 N–H and O–H groups in total. The number of rotatable bonds is 0. The maximum absolute atomic E-state index is 12.5. The molecule has 2 aliphatic heterocycles. The molecule has 0 bridgehead atoms. The van der Waals surface area contributed by atoms with Crippen molar-refractivity contribution in [3.63, 3.8) is 0 Å². The van der Waals surface area contributed by atoms with E-state index in [1.807, 2.05) is 0 Å². The molecule has 2 heterocycles. The summed E-state index contributed by atoms with van der Waals surface area (Å²) in [6, 6.07) is 6.72. The molecular weight excluding hydrogens is 276 g/mol. The quantitative estimate of drug-likeness (QED) is 0.754. The highest BCUT2D eigenvalue weighted by atomic mass is 35.5. The van der Waals surface area contributed by atoms with E-state index in [0.717, 1.165) is 0 Å². The molecule has 1 saturated heterocycles. The third-order valence-electron chi connectivity index (χ3n) is 3.16. The molecule has 2 aliphatic rings. The molecule has 18 heavy (non-hydrogen) atoms. The van der Waals surface area contributed by atoms with Gasteiger partial charge in [0.05, 0.1) is 6.04 Å². The van der Waals surface area contributed by atoms with E-state index >= 15 is 0 Å². The summed E-state index contributed by atoms with van der Waals surface area (Å²) in [6.07, 6.45) is 0. The molecule has 0 aromatic heterocycles. The van der Waals surface area contributed by atoms with Crippen LogP contribution >= 0.6 is 12.4 Å². The largest absolute Gasteiger partial charge is 0.490 e. The molecule has 0 saturated carbocycles. The summed E-state index contributed by atoms with van der Waals surface area (Å²) >= 11 is 0. The zero-order chi connectivity index (χ0) is 11.9. The Morgan fingerprint density at radius 3 is 2.94 bits per heavy atom. The van der Waals surface area contributed by atoms with Gasteiger partial charge in [-0.25, -0.2) is 8.42 Å². The summed E-state index contributed by atoms with van der Waals surface area (Å²) in [5.74, 6) is 0.460. The molecule has 7 heteroatoms. The van der Waals surface area contributed by atoms with Crippen LogP contribution in [0.1, 0.15) is 0 Å². The molecule has 0 aliphatic carbocycles. The summed E-state index contributed by atoms with van der Waals surface area (Å²) < 4.78 is 32.1. The first-order valence-corrected chi connectivity index (χ1v) is 7.08. The van der Waals surface area contributed by atoms with Crippen molar-refractivity contribution in [2.75, 3.05) is 26.2 Å². The van der Waals surface area contributed by atoms with Gasteiger partial charge in [0.2, 0.25) is 10.0 Å². The first kappa shape index (κ1) is 13.6. The molecule has 1 atom stereocenters. The van der Waals surface area contributed by atoms with E-state index in [1.165, 1.54) is 0 Å². The summed E-state index contributed by atoms with van der Waals surface area (Å²) in [6.45, 7) is 2.25. The van der Waals surface area contributed by atoms with Crippen molar-refractivity contribution in [3.05, 3.63) is 24.3 Å². The van der Waals surface area contributed by atoms with Crippen LogP contribution in [0.25, 0.3) is 0 Å². The van der Waals surface area contributed by atoms with Crippen LogP contribution in [-0.2, 0) is 10.0 Å². The van der Waals surface area contributed by atoms with Crippen LogP contribution in [0.3, 0.4) is 0 Å². The molecule has 5 nitrogen and oxygen atoms in total. The second-order valence-electron chi connectivity index (χ2n) is 4.23. The first-order valence-electron chi connectivity index (χ1n) is 5.64. The van der Waals surface area contributed by atoms with Crippen molar-refractivity contribution in [2.45, 2.75) is 10.9 Å². The number of fused-ring (bicyclic) bond motifs is 2. The van der Waals surface area contributed by atoms with Crippen LogP contribution in [-0.4, -0.2) is 45.0 Å². The van der Waals surface area contributed by atoms with Gasteiger partial charge in [-0.15, -0.1) is 12.4 Å². The molecule has 0 radical (unpaired) electrons. The molecule has 0 amide bonds. The molecule has 0 spiro atoms. The fourth-order valence-electron chi connectivity index (χ4n) is 2.30. The Bertz CT molecular complexity index is 535. The number of hydrogen-bond donors (Lipinski definition) is 1. The molecular formula is C11H15ClN2O3S. The van der Waals surface area contributed by atoms with E-state index in [1.54, 1.807) is 28.6 Å². The van der Waals surface area contributed by atoms with Gasteiger partial charge in [0.15, 0.2) is 0 Å². The van der Waals surface area contributed by atoms with Crippen LogP contribution in [0, 0.1) is 0 Å². The number of halogens is 1. The van der Waals surface area contributed by atoms with Gasteiger partial charge in [-0.3, -0.25) is 0 Å². The van der Waals surface area contributed by atoms with E-state index in [2.05, 4.69) is 5.32 Å². The minimum absolute atomic E-state index is 0. The molecule has 100 valence electrons. The fraction of sp³-hybridized carbons (Fsp3) is 0.455. The van der Waals surface area contributed by atoms with Gasteiger partial charge < -0.3 is 10.1 Å². The Labute approximate surface area is 113 Å². The Balaban J connectivity index is 0.00000120. The van der Waals surface area contributed by atoms with Gasteiger partial charge in [0, 0.05) is 19.6 Å². The lowest BCUT2D eigenvalue weighted by Gasteiger charge is -2.32. The molecule has 3 rings (SSSR count). The minimum atomic E-state index is -3.41. The molecule has 1 fully saturated rings. The van der Waals surface area contributed by atoms with Gasteiger partial charge in [0.25, 0.3) is 0 Å². The van der Waals surface area contributed by atoms with Gasteiger partial charge >= 0.3 is 0 Å². The van der Waals surface area contributed by atoms with Crippen LogP contribution in [0.2, 0.25) is 0 Å². The number of benzene rings is 1. The van der Waals surface area contributed by atoms with Crippen LogP contribution in [0.5, 0.6) is 5.75 Å². The van der Waals surface area contributed by atoms with Crippen molar-refractivity contribution in [1.82, 2.24) is 9.62 Å². The number of nitrogens with zero attached hydrogens (tertiary/aromatic N) is 1. The summed E-state index contributed by atoms with van der Waals surface area (Å²) in [5.41, 5.74) is 0. The third kappa shape index (κ3) is 2.09. The maximum atomic E-state index is 12.5. The zero-order valence-electron chi connectivity index (χ0n) is 9.70. The number of piperazine rings is 1. The van der Waals surface area contributed by atoms with Gasteiger partial charge in [0.1, 0.15) is 17.3 Å². The Hall–Kier alpha value is -0.820. The number of ether oxygens (including phenoxy) is 1. The van der Waals surface area contributed by atoms with Gasteiger partial charge in [-0.05, 0) is 12.1 Å². The standard InChI is InChI=1S/C11H14N2O3S.ClH/c14-17(15)11-4-2-1-3-10(11)16-8-9-7-12-5-6-13(9)17;/h1-4,9,12H,5-8H2;1H. The highest BCUT2D eigenvalue weighted by Crippen LogP contribution is 2.31. The van der Waals surface area contributed by atoms with Crippen molar-refractivity contribution in [2.24, 2.45) is 0 Å². The van der Waals surface area contributed by atoms with E-state index in [-0.39, 0.29) is 23.3 Å². The predicted molar refractivity (Wildman–Crippen MR) is 69.7 cm³/mol. The average molecular weight is 291 g/mol. The van der Waals surface area contributed by atoms with Crippen LogP contribution in [0.15, 0.2) is 29.2 Å². The Morgan fingerprint density at radius 2 is 2.11 bits per heavy atom. The number of nitrogens with one attached hydrogen (secondary N) is 1. The van der Waals surface area contributed by atoms with Crippen molar-refractivity contribution in [3.8, 4) is 5.75 Å². The minimum Gasteiger partial charge on any atom is -0.490 e. The first-order chi connectivity index (χ1) is 8.19. The Morgan fingerprint density at radius 1 is 1.33 bits per heavy atom. The SMILES string of the molecule is Cl.O=S1(=O)c2ccccc2OCC2CNCCN21. The summed E-state index contributed by atoms with van der Waals surface area (Å²) in [7, 11) is -3.41. The topological polar surface area (TPSA) is 58.6 Å². The van der Waals surface area contributed by atoms with E-state index in [4.69, 9.17) is 4.74 Å². The number of sulfonamides is 1. The van der Waals surface area contributed by atoms with E-state index in [0.29, 0.717) is 32.0 Å². The monoisotopic (exact) mass is 290 g/mol. The Kier molecular flexibility index (Phi) is 3.82. The second-order valence-corrected chi connectivity index (χ2v) is 6.09. The fourth-order valence-corrected chi connectivity index (χ4v) is 4.04. The smallest absolute Gasteiger partial charge is 0.247 e. The normalized spacial score (nSPS) is 25.9.